The summed E-state index contributed by atoms with van der Waals surface area (Å²) >= 11 is 0. The Morgan fingerprint density at radius 3 is 2.55 bits per heavy atom. The van der Waals surface area contributed by atoms with E-state index in [4.69, 9.17) is 4.74 Å². The normalized spacial score (nSPS) is 20.8. The molecule has 1 atom stereocenters. The van der Waals surface area contributed by atoms with Crippen molar-refractivity contribution in [1.29, 1.82) is 0 Å². The van der Waals surface area contributed by atoms with Crippen LogP contribution in [-0.2, 0) is 6.42 Å². The van der Waals surface area contributed by atoms with Crippen LogP contribution >= 0.6 is 0 Å². The number of hydrogen-bond donors (Lipinski definition) is 0. The first kappa shape index (κ1) is 15.9. The average molecular weight is 300 g/mol. The maximum Gasteiger partial charge on any atom is 0.122 e. The topological polar surface area (TPSA) is 9.23 Å². The van der Waals surface area contributed by atoms with Crippen LogP contribution in [0, 0.1) is 17.8 Å². The lowest BCUT2D eigenvalue weighted by Gasteiger charge is -2.24. The fourth-order valence-electron chi connectivity index (χ4n) is 3.85. The number of ether oxygens (including phenoxy) is 1. The summed E-state index contributed by atoms with van der Waals surface area (Å²) < 4.78 is 6.04. The van der Waals surface area contributed by atoms with Crippen molar-refractivity contribution in [3.8, 4) is 5.75 Å². The fraction of sp³-hybridized carbons (Fsp3) is 0.714. The molecule has 1 aromatic carbocycles. The van der Waals surface area contributed by atoms with Crippen molar-refractivity contribution in [1.82, 2.24) is 0 Å². The molecular weight excluding hydrogens is 268 g/mol. The number of hydrogen-bond acceptors (Lipinski definition) is 1. The molecular formula is C21H32O. The van der Waals surface area contributed by atoms with Gasteiger partial charge in [0.25, 0.3) is 0 Å². The van der Waals surface area contributed by atoms with E-state index in [1.807, 2.05) is 0 Å². The van der Waals surface area contributed by atoms with E-state index in [9.17, 15) is 0 Å². The van der Waals surface area contributed by atoms with Crippen molar-refractivity contribution in [3.63, 3.8) is 0 Å². The molecule has 122 valence electrons. The van der Waals surface area contributed by atoms with Crippen LogP contribution in [0.25, 0.3) is 0 Å². The standard InChI is InChI=1S/C21H32O/c1-17(15-18-7-3-2-4-8-18)11-14-20-9-5-6-10-21(20)22-16-19-12-13-19/h5-6,9-10,17-19H,2-4,7-8,11-16H2,1H3. The van der Waals surface area contributed by atoms with Crippen LogP contribution in [-0.4, -0.2) is 6.61 Å². The van der Waals surface area contributed by atoms with Crippen LogP contribution in [0.2, 0.25) is 0 Å². The van der Waals surface area contributed by atoms with E-state index in [0.717, 1.165) is 30.1 Å². The van der Waals surface area contributed by atoms with E-state index >= 15 is 0 Å². The zero-order valence-electron chi connectivity index (χ0n) is 14.2. The Kier molecular flexibility index (Phi) is 5.81. The highest BCUT2D eigenvalue weighted by atomic mass is 16.5. The molecule has 1 nitrogen and oxygen atoms in total. The summed E-state index contributed by atoms with van der Waals surface area (Å²) in [4.78, 5) is 0. The highest BCUT2D eigenvalue weighted by molar-refractivity contribution is 5.33. The highest BCUT2D eigenvalue weighted by Gasteiger charge is 2.22. The van der Waals surface area contributed by atoms with E-state index in [-0.39, 0.29) is 0 Å². The zero-order valence-corrected chi connectivity index (χ0v) is 14.2. The van der Waals surface area contributed by atoms with E-state index in [1.54, 1.807) is 0 Å². The van der Waals surface area contributed by atoms with Gasteiger partial charge < -0.3 is 4.74 Å². The van der Waals surface area contributed by atoms with Crippen LogP contribution in [0.3, 0.4) is 0 Å². The molecule has 0 amide bonds. The molecule has 0 aliphatic heterocycles. The van der Waals surface area contributed by atoms with Crippen molar-refractivity contribution in [2.45, 2.75) is 71.1 Å². The Balaban J connectivity index is 1.45. The van der Waals surface area contributed by atoms with Crippen molar-refractivity contribution in [3.05, 3.63) is 29.8 Å². The van der Waals surface area contributed by atoms with Crippen LogP contribution in [0.1, 0.15) is 70.3 Å². The molecule has 2 aliphatic carbocycles. The van der Waals surface area contributed by atoms with Crippen molar-refractivity contribution < 1.29 is 4.74 Å². The minimum Gasteiger partial charge on any atom is -0.493 e. The Hall–Kier alpha value is -0.980. The predicted octanol–water partition coefficient (Wildman–Crippen LogP) is 6.01. The number of benzene rings is 1. The van der Waals surface area contributed by atoms with Crippen LogP contribution in [0.5, 0.6) is 5.75 Å². The lowest BCUT2D eigenvalue weighted by molar-refractivity contribution is 0.284. The summed E-state index contributed by atoms with van der Waals surface area (Å²) in [6.07, 6.45) is 14.0. The number of rotatable bonds is 8. The molecule has 2 fully saturated rings. The largest absolute Gasteiger partial charge is 0.493 e. The smallest absolute Gasteiger partial charge is 0.122 e. The second kappa shape index (κ2) is 8.04. The van der Waals surface area contributed by atoms with E-state index < -0.39 is 0 Å². The van der Waals surface area contributed by atoms with Crippen LogP contribution in [0.4, 0.5) is 0 Å². The maximum absolute atomic E-state index is 6.04. The number of para-hydroxylation sites is 1. The van der Waals surface area contributed by atoms with Gasteiger partial charge >= 0.3 is 0 Å². The SMILES string of the molecule is CC(CCc1ccccc1OCC1CC1)CC1CCCCC1. The highest BCUT2D eigenvalue weighted by Crippen LogP contribution is 2.32. The quantitative estimate of drug-likeness (QED) is 0.571. The summed E-state index contributed by atoms with van der Waals surface area (Å²) in [5.41, 5.74) is 1.42. The van der Waals surface area contributed by atoms with Crippen molar-refractivity contribution in [2.24, 2.45) is 17.8 Å². The second-order valence-corrected chi connectivity index (χ2v) is 7.75. The first-order valence-electron chi connectivity index (χ1n) is 9.52. The van der Waals surface area contributed by atoms with Crippen LogP contribution < -0.4 is 4.74 Å². The molecule has 0 bridgehead atoms. The van der Waals surface area contributed by atoms with E-state index in [0.29, 0.717) is 0 Å². The molecule has 2 aliphatic rings. The molecule has 0 heterocycles. The molecule has 1 aromatic rings. The third-order valence-corrected chi connectivity index (χ3v) is 5.51. The summed E-state index contributed by atoms with van der Waals surface area (Å²) in [6, 6.07) is 8.68. The minimum absolute atomic E-state index is 0.832. The van der Waals surface area contributed by atoms with Gasteiger partial charge in [0.15, 0.2) is 0 Å². The minimum atomic E-state index is 0.832. The molecule has 0 spiro atoms. The van der Waals surface area contributed by atoms with Gasteiger partial charge in [0, 0.05) is 0 Å². The van der Waals surface area contributed by atoms with Gasteiger partial charge in [-0.25, -0.2) is 0 Å². The van der Waals surface area contributed by atoms with Gasteiger partial charge in [-0.15, -0.1) is 0 Å². The van der Waals surface area contributed by atoms with Gasteiger partial charge in [-0.05, 0) is 61.5 Å². The van der Waals surface area contributed by atoms with Gasteiger partial charge in [0.1, 0.15) is 5.75 Å². The molecule has 1 unspecified atom stereocenters. The molecule has 0 aromatic heterocycles. The zero-order chi connectivity index (χ0) is 15.2. The van der Waals surface area contributed by atoms with Crippen LogP contribution in [0.15, 0.2) is 24.3 Å². The average Bonchev–Trinajstić information content (AvgIpc) is 3.37. The van der Waals surface area contributed by atoms with Crippen molar-refractivity contribution >= 4 is 0 Å². The molecule has 0 saturated heterocycles. The van der Waals surface area contributed by atoms with E-state index in [1.165, 1.54) is 69.8 Å². The third-order valence-electron chi connectivity index (χ3n) is 5.51. The summed E-state index contributed by atoms with van der Waals surface area (Å²) in [5.74, 6) is 3.82. The van der Waals surface area contributed by atoms with Gasteiger partial charge in [0.2, 0.25) is 0 Å². The molecule has 0 N–H and O–H groups in total. The Morgan fingerprint density at radius 1 is 1.00 bits per heavy atom. The van der Waals surface area contributed by atoms with Gasteiger partial charge in [-0.3, -0.25) is 0 Å². The molecule has 1 heteroatoms. The monoisotopic (exact) mass is 300 g/mol. The fourth-order valence-corrected chi connectivity index (χ4v) is 3.85. The Labute approximate surface area is 136 Å². The summed E-state index contributed by atoms with van der Waals surface area (Å²) in [7, 11) is 0. The second-order valence-electron chi connectivity index (χ2n) is 7.75. The van der Waals surface area contributed by atoms with Gasteiger partial charge in [-0.1, -0.05) is 57.2 Å². The number of aryl methyl sites for hydroxylation is 1. The maximum atomic E-state index is 6.04. The molecule has 2 saturated carbocycles. The lowest BCUT2D eigenvalue weighted by Crippen LogP contribution is -2.11. The molecule has 3 rings (SSSR count). The first-order chi connectivity index (χ1) is 10.8. The third kappa shape index (κ3) is 5.04. The summed E-state index contributed by atoms with van der Waals surface area (Å²) in [6.45, 7) is 3.37. The first-order valence-corrected chi connectivity index (χ1v) is 9.52. The molecule has 0 radical (unpaired) electrons. The lowest BCUT2D eigenvalue weighted by atomic mass is 9.82. The van der Waals surface area contributed by atoms with E-state index in [2.05, 4.69) is 31.2 Å². The molecule has 22 heavy (non-hydrogen) atoms. The Bertz CT molecular complexity index is 443. The Morgan fingerprint density at radius 2 is 1.77 bits per heavy atom. The summed E-state index contributed by atoms with van der Waals surface area (Å²) in [5, 5.41) is 0. The predicted molar refractivity (Wildman–Crippen MR) is 93.3 cm³/mol. The van der Waals surface area contributed by atoms with Crippen molar-refractivity contribution in [2.75, 3.05) is 6.61 Å². The van der Waals surface area contributed by atoms with Gasteiger partial charge in [-0.2, -0.15) is 0 Å². The van der Waals surface area contributed by atoms with Gasteiger partial charge in [0.05, 0.1) is 6.61 Å².